The van der Waals surface area contributed by atoms with E-state index < -0.39 is 35.9 Å². The van der Waals surface area contributed by atoms with Gasteiger partial charge in [0.25, 0.3) is 11.8 Å². The van der Waals surface area contributed by atoms with E-state index in [-0.39, 0.29) is 30.4 Å². The minimum Gasteiger partial charge on any atom is -0.497 e. The molecule has 2 aromatic heterocycles. The van der Waals surface area contributed by atoms with Gasteiger partial charge >= 0.3 is 0 Å². The maximum atomic E-state index is 13.4. The highest BCUT2D eigenvalue weighted by Crippen LogP contribution is 2.43. The maximum absolute atomic E-state index is 13.4. The number of nitrogens with one attached hydrogen (secondary N) is 2. The number of benzene rings is 5. The van der Waals surface area contributed by atoms with Crippen LogP contribution in [-0.4, -0.2) is 69.7 Å². The van der Waals surface area contributed by atoms with E-state index in [0.29, 0.717) is 31.7 Å². The third kappa shape index (κ3) is 8.12. The van der Waals surface area contributed by atoms with Gasteiger partial charge in [0.15, 0.2) is 17.7 Å². The lowest BCUT2D eigenvalue weighted by Gasteiger charge is -2.37. The van der Waals surface area contributed by atoms with E-state index in [1.807, 2.05) is 91.0 Å². The first-order valence-electron chi connectivity index (χ1n) is 18.8. The van der Waals surface area contributed by atoms with Crippen LogP contribution in [0, 0.1) is 3.70 Å². The number of aromatic nitrogens is 4. The van der Waals surface area contributed by atoms with Crippen molar-refractivity contribution in [1.82, 2.24) is 19.7 Å². The van der Waals surface area contributed by atoms with Crippen LogP contribution < -0.4 is 20.1 Å². The fourth-order valence-electron chi connectivity index (χ4n) is 7.17. The molecule has 1 fully saturated rings. The second-order valence-electron chi connectivity index (χ2n) is 13.7. The predicted molar refractivity (Wildman–Crippen MR) is 230 cm³/mol. The summed E-state index contributed by atoms with van der Waals surface area (Å²) in [5, 5.41) is 22.5. The molecule has 0 aliphatic carbocycles. The van der Waals surface area contributed by atoms with Crippen molar-refractivity contribution < 1.29 is 33.6 Å². The highest BCUT2D eigenvalue weighted by molar-refractivity contribution is 14.1. The SMILES string of the molecule is COc1ccc(C(OC[C@H]2O[C@@H](n3nc(I)c4c(NC(=O)c5ccccc5)nc(NC(=O)c5ccccc5)nc43)C[C@@H]2O)(c2ccccc2)c2ccc(OC)cc2)cc1. The quantitative estimate of drug-likeness (QED) is 0.0777. The Bertz CT molecular complexity index is 2510. The van der Waals surface area contributed by atoms with Gasteiger partial charge in [-0.1, -0.05) is 91.0 Å². The number of carbonyl (C=O) groups excluding carboxylic acids is 2. The molecule has 2 amide bonds. The zero-order valence-electron chi connectivity index (χ0n) is 32.0. The molecule has 0 saturated carbocycles. The standard InChI is InChI=1S/C45H39IN6O7/c1-56-33-22-18-31(19-23-33)45(30-16-10-5-11-17-30,32-20-24-34(57-2)25-21-32)58-27-36-35(53)26-37(59-36)52-41-38(39(46)51-52)40(47-42(54)28-12-6-3-7-13-28)48-44(49-41)50-43(55)29-14-8-4-9-15-29/h3-25,35-37,53H,26-27H2,1-2H3,(H2,47,48,49,50,54,55)/t35-,36+,37+/m0/s1. The molecular formula is C45H39IN6O7. The first-order chi connectivity index (χ1) is 28.8. The normalized spacial score (nSPS) is 16.4. The summed E-state index contributed by atoms with van der Waals surface area (Å²) in [5.41, 5.74) is 2.48. The average molecular weight is 903 g/mol. The molecule has 0 bridgehead atoms. The molecule has 1 aliphatic heterocycles. The van der Waals surface area contributed by atoms with Crippen molar-refractivity contribution in [1.29, 1.82) is 0 Å². The van der Waals surface area contributed by atoms with Crippen LogP contribution in [0.1, 0.15) is 50.1 Å². The summed E-state index contributed by atoms with van der Waals surface area (Å²) in [5.74, 6) is 0.628. The number of nitrogens with zero attached hydrogens (tertiary/aromatic N) is 4. The lowest BCUT2D eigenvalue weighted by atomic mass is 9.80. The van der Waals surface area contributed by atoms with E-state index in [2.05, 4.69) is 38.2 Å². The molecule has 0 unspecified atom stereocenters. The molecule has 0 radical (unpaired) electrons. The number of hydrogen-bond acceptors (Lipinski definition) is 10. The Morgan fingerprint density at radius 3 is 1.80 bits per heavy atom. The van der Waals surface area contributed by atoms with Crippen molar-refractivity contribution in [2.45, 2.75) is 30.5 Å². The number of carbonyl (C=O) groups is 2. The molecule has 14 heteroatoms. The summed E-state index contributed by atoms with van der Waals surface area (Å²) < 4.78 is 26.6. The topological polar surface area (TPSA) is 159 Å². The first kappa shape index (κ1) is 39.6. The number of aliphatic hydroxyl groups is 1. The van der Waals surface area contributed by atoms with Crippen molar-refractivity contribution in [2.75, 3.05) is 31.5 Å². The third-order valence-corrected chi connectivity index (χ3v) is 10.9. The zero-order valence-corrected chi connectivity index (χ0v) is 34.1. The minimum absolute atomic E-state index is 0.0212. The predicted octanol–water partition coefficient (Wildman–Crippen LogP) is 7.61. The van der Waals surface area contributed by atoms with Crippen molar-refractivity contribution >= 4 is 57.2 Å². The summed E-state index contributed by atoms with van der Waals surface area (Å²) >= 11 is 2.05. The number of fused-ring (bicyclic) bond motifs is 1. The van der Waals surface area contributed by atoms with Crippen LogP contribution in [0.15, 0.2) is 140 Å². The summed E-state index contributed by atoms with van der Waals surface area (Å²) in [6.45, 7) is -0.0212. The maximum Gasteiger partial charge on any atom is 0.258 e. The molecule has 0 spiro atoms. The highest BCUT2D eigenvalue weighted by Gasteiger charge is 2.43. The molecular weight excluding hydrogens is 863 g/mol. The van der Waals surface area contributed by atoms with Crippen LogP contribution in [-0.2, 0) is 15.1 Å². The van der Waals surface area contributed by atoms with Crippen LogP contribution in [0.4, 0.5) is 11.8 Å². The van der Waals surface area contributed by atoms with Crippen molar-refractivity contribution in [3.63, 3.8) is 0 Å². The second kappa shape index (κ2) is 17.3. The Morgan fingerprint density at radius 2 is 1.25 bits per heavy atom. The Kier molecular flexibility index (Phi) is 11.6. The van der Waals surface area contributed by atoms with Crippen LogP contribution >= 0.6 is 22.6 Å². The molecule has 3 atom stereocenters. The molecule has 3 heterocycles. The van der Waals surface area contributed by atoms with Crippen LogP contribution in [0.3, 0.4) is 0 Å². The fraction of sp³-hybridized carbons (Fsp3) is 0.178. The van der Waals surface area contributed by atoms with Gasteiger partial charge in [-0.3, -0.25) is 14.9 Å². The molecule has 7 aromatic rings. The Morgan fingerprint density at radius 1 is 0.746 bits per heavy atom. The number of anilines is 2. The molecule has 1 aliphatic rings. The molecule has 13 nitrogen and oxygen atoms in total. The molecule has 3 N–H and O–H groups in total. The van der Waals surface area contributed by atoms with Crippen LogP contribution in [0.25, 0.3) is 11.0 Å². The summed E-state index contributed by atoms with van der Waals surface area (Å²) in [6.07, 6.45) is -2.42. The van der Waals surface area contributed by atoms with E-state index in [0.717, 1.165) is 16.7 Å². The van der Waals surface area contributed by atoms with Gasteiger partial charge in [0.05, 0.1) is 32.3 Å². The van der Waals surface area contributed by atoms with Gasteiger partial charge in [-0.05, 0) is 87.8 Å². The number of amides is 2. The van der Waals surface area contributed by atoms with Gasteiger partial charge in [0.2, 0.25) is 5.95 Å². The number of halogens is 1. The number of hydrogen-bond donors (Lipinski definition) is 3. The zero-order chi connectivity index (χ0) is 40.9. The fourth-order valence-corrected chi connectivity index (χ4v) is 7.90. The van der Waals surface area contributed by atoms with E-state index in [9.17, 15) is 14.7 Å². The molecule has 59 heavy (non-hydrogen) atoms. The molecule has 1 saturated heterocycles. The van der Waals surface area contributed by atoms with Crippen molar-refractivity contribution in [2.24, 2.45) is 0 Å². The van der Waals surface area contributed by atoms with Crippen LogP contribution in [0.2, 0.25) is 0 Å². The van der Waals surface area contributed by atoms with Crippen molar-refractivity contribution in [3.8, 4) is 11.5 Å². The summed E-state index contributed by atoms with van der Waals surface area (Å²) in [6, 6.07) is 42.6. The monoisotopic (exact) mass is 902 g/mol. The number of ether oxygens (including phenoxy) is 4. The van der Waals surface area contributed by atoms with E-state index in [1.54, 1.807) is 67.4 Å². The van der Waals surface area contributed by atoms with E-state index >= 15 is 0 Å². The average Bonchev–Trinajstić information content (AvgIpc) is 3.83. The second-order valence-corrected chi connectivity index (χ2v) is 14.7. The van der Waals surface area contributed by atoms with E-state index in [1.165, 1.54) is 0 Å². The van der Waals surface area contributed by atoms with Gasteiger partial charge in [-0.25, -0.2) is 4.68 Å². The van der Waals surface area contributed by atoms with Gasteiger partial charge in [-0.2, -0.15) is 15.1 Å². The van der Waals surface area contributed by atoms with Gasteiger partial charge in [0, 0.05) is 17.5 Å². The lowest BCUT2D eigenvalue weighted by Crippen LogP contribution is -2.38. The minimum atomic E-state index is -1.14. The molecule has 298 valence electrons. The van der Waals surface area contributed by atoms with Crippen molar-refractivity contribution in [3.05, 3.63) is 171 Å². The Balaban J connectivity index is 1.14. The smallest absolute Gasteiger partial charge is 0.258 e. The van der Waals surface area contributed by atoms with Gasteiger partial charge in [0.1, 0.15) is 26.9 Å². The third-order valence-electron chi connectivity index (χ3n) is 10.2. The Labute approximate surface area is 353 Å². The molecule has 8 rings (SSSR count). The Hall–Kier alpha value is -6.20. The number of methoxy groups -OCH3 is 2. The number of rotatable bonds is 13. The first-order valence-corrected chi connectivity index (χ1v) is 19.9. The van der Waals surface area contributed by atoms with E-state index in [4.69, 9.17) is 29.0 Å². The lowest BCUT2D eigenvalue weighted by molar-refractivity contribution is -0.0950. The number of aliphatic hydroxyl groups excluding tert-OH is 1. The largest absolute Gasteiger partial charge is 0.497 e. The van der Waals surface area contributed by atoms with Crippen LogP contribution in [0.5, 0.6) is 11.5 Å². The van der Waals surface area contributed by atoms with Gasteiger partial charge < -0.3 is 29.4 Å². The summed E-state index contributed by atoms with van der Waals surface area (Å²) in [7, 11) is 3.24. The summed E-state index contributed by atoms with van der Waals surface area (Å²) in [4.78, 5) is 36.0. The van der Waals surface area contributed by atoms with Gasteiger partial charge in [-0.15, -0.1) is 0 Å². The highest BCUT2D eigenvalue weighted by atomic mass is 127. The molecule has 5 aromatic carbocycles.